The molecule has 1 N–H and O–H groups in total. The van der Waals surface area contributed by atoms with Gasteiger partial charge in [-0.1, -0.05) is 48.0 Å². The summed E-state index contributed by atoms with van der Waals surface area (Å²) in [6.45, 7) is 5.77. The molecule has 132 valence electrons. The molecule has 0 aliphatic heterocycles. The summed E-state index contributed by atoms with van der Waals surface area (Å²) in [4.78, 5) is 12.3. The standard InChI is InChI=1S/C20H16Cl2N2O2/c1-3-8-26-19-7-5-14(10-18(19)22)9-15(12-23)20(25)24-16-6-4-13(2)17(21)11-16/h3-7,9-11H,1,8H2,2H3,(H,24,25)/b15-9+. The van der Waals surface area contributed by atoms with E-state index in [-0.39, 0.29) is 5.57 Å². The maximum atomic E-state index is 12.3. The topological polar surface area (TPSA) is 62.1 Å². The smallest absolute Gasteiger partial charge is 0.266 e. The Bertz CT molecular complexity index is 915. The number of amides is 1. The van der Waals surface area contributed by atoms with Crippen LogP contribution in [0, 0.1) is 18.3 Å². The highest BCUT2D eigenvalue weighted by Crippen LogP contribution is 2.27. The molecular weight excluding hydrogens is 371 g/mol. The van der Waals surface area contributed by atoms with Gasteiger partial charge < -0.3 is 10.1 Å². The lowest BCUT2D eigenvalue weighted by Gasteiger charge is -2.08. The van der Waals surface area contributed by atoms with Gasteiger partial charge in [0.15, 0.2) is 0 Å². The van der Waals surface area contributed by atoms with E-state index in [1.807, 2.05) is 13.0 Å². The third-order valence-electron chi connectivity index (χ3n) is 3.42. The lowest BCUT2D eigenvalue weighted by Crippen LogP contribution is -2.13. The number of carbonyl (C=O) groups is 1. The van der Waals surface area contributed by atoms with Crippen molar-refractivity contribution >= 4 is 40.9 Å². The molecule has 0 fully saturated rings. The molecule has 0 spiro atoms. The molecule has 2 aromatic carbocycles. The van der Waals surface area contributed by atoms with Crippen LogP contribution in [0.15, 0.2) is 54.6 Å². The van der Waals surface area contributed by atoms with Crippen LogP contribution in [0.25, 0.3) is 6.08 Å². The molecular formula is C20H16Cl2N2O2. The molecule has 0 aliphatic carbocycles. The number of hydrogen-bond acceptors (Lipinski definition) is 3. The minimum Gasteiger partial charge on any atom is -0.488 e. The van der Waals surface area contributed by atoms with Crippen LogP contribution in [0.4, 0.5) is 5.69 Å². The predicted molar refractivity (Wildman–Crippen MR) is 106 cm³/mol. The summed E-state index contributed by atoms with van der Waals surface area (Å²) in [5.41, 5.74) is 1.96. The van der Waals surface area contributed by atoms with Gasteiger partial charge in [-0.3, -0.25) is 4.79 Å². The quantitative estimate of drug-likeness (QED) is 0.409. The summed E-state index contributed by atoms with van der Waals surface area (Å²) < 4.78 is 5.39. The van der Waals surface area contributed by atoms with Gasteiger partial charge in [-0.2, -0.15) is 5.26 Å². The highest BCUT2D eigenvalue weighted by molar-refractivity contribution is 6.32. The summed E-state index contributed by atoms with van der Waals surface area (Å²) in [6.07, 6.45) is 3.06. The van der Waals surface area contributed by atoms with Crippen LogP contribution in [-0.4, -0.2) is 12.5 Å². The van der Waals surface area contributed by atoms with Gasteiger partial charge in [0, 0.05) is 10.7 Å². The lowest BCUT2D eigenvalue weighted by molar-refractivity contribution is -0.112. The van der Waals surface area contributed by atoms with Crippen LogP contribution < -0.4 is 10.1 Å². The second kappa shape index (κ2) is 9.10. The highest BCUT2D eigenvalue weighted by Gasteiger charge is 2.11. The SMILES string of the molecule is C=CCOc1ccc(/C=C(\C#N)C(=O)Nc2ccc(C)c(Cl)c2)cc1Cl. The van der Waals surface area contributed by atoms with Crippen molar-refractivity contribution in [3.05, 3.63) is 75.8 Å². The molecule has 4 nitrogen and oxygen atoms in total. The molecule has 2 rings (SSSR count). The fourth-order valence-corrected chi connectivity index (χ4v) is 2.48. The van der Waals surface area contributed by atoms with Gasteiger partial charge in [-0.15, -0.1) is 0 Å². The van der Waals surface area contributed by atoms with E-state index in [0.29, 0.717) is 33.7 Å². The number of nitrogens with zero attached hydrogens (tertiary/aromatic N) is 1. The molecule has 0 saturated carbocycles. The van der Waals surface area contributed by atoms with Crippen molar-refractivity contribution in [1.29, 1.82) is 5.26 Å². The zero-order chi connectivity index (χ0) is 19.1. The number of nitrogens with one attached hydrogen (secondary N) is 1. The molecule has 0 bridgehead atoms. The zero-order valence-corrected chi connectivity index (χ0v) is 15.6. The normalized spacial score (nSPS) is 10.8. The van der Waals surface area contributed by atoms with Gasteiger partial charge >= 0.3 is 0 Å². The summed E-state index contributed by atoms with van der Waals surface area (Å²) in [6, 6.07) is 12.0. The maximum Gasteiger partial charge on any atom is 0.266 e. The van der Waals surface area contributed by atoms with E-state index in [1.165, 1.54) is 6.08 Å². The molecule has 0 unspecified atom stereocenters. The number of rotatable bonds is 6. The number of benzene rings is 2. The molecule has 0 radical (unpaired) electrons. The molecule has 0 atom stereocenters. The van der Waals surface area contributed by atoms with E-state index in [4.69, 9.17) is 27.9 Å². The van der Waals surface area contributed by atoms with Gasteiger partial charge in [0.2, 0.25) is 0 Å². The number of nitriles is 1. The first kappa shape index (κ1) is 19.6. The molecule has 6 heteroatoms. The Hall–Kier alpha value is -2.74. The van der Waals surface area contributed by atoms with Crippen molar-refractivity contribution in [2.45, 2.75) is 6.92 Å². The second-order valence-electron chi connectivity index (χ2n) is 5.38. The minimum absolute atomic E-state index is 0.0578. The van der Waals surface area contributed by atoms with Gasteiger partial charge in [0.25, 0.3) is 5.91 Å². The van der Waals surface area contributed by atoms with E-state index in [9.17, 15) is 10.1 Å². The van der Waals surface area contributed by atoms with Crippen LogP contribution in [0.1, 0.15) is 11.1 Å². The van der Waals surface area contributed by atoms with Crippen molar-refractivity contribution in [2.75, 3.05) is 11.9 Å². The molecule has 1 amide bonds. The van der Waals surface area contributed by atoms with Crippen molar-refractivity contribution in [3.63, 3.8) is 0 Å². The van der Waals surface area contributed by atoms with Gasteiger partial charge in [0.05, 0.1) is 5.02 Å². The zero-order valence-electron chi connectivity index (χ0n) is 14.1. The molecule has 2 aromatic rings. The van der Waals surface area contributed by atoms with Gasteiger partial charge in [-0.25, -0.2) is 0 Å². The largest absolute Gasteiger partial charge is 0.488 e. The van der Waals surface area contributed by atoms with Crippen molar-refractivity contribution in [1.82, 2.24) is 0 Å². The van der Waals surface area contributed by atoms with Crippen molar-refractivity contribution in [2.24, 2.45) is 0 Å². The van der Waals surface area contributed by atoms with Crippen LogP contribution in [0.5, 0.6) is 5.75 Å². The molecule has 0 aromatic heterocycles. The third-order valence-corrected chi connectivity index (χ3v) is 4.12. The Morgan fingerprint density at radius 3 is 2.65 bits per heavy atom. The van der Waals surface area contributed by atoms with Gasteiger partial charge in [0.1, 0.15) is 24.0 Å². The Labute approximate surface area is 162 Å². The number of aryl methyl sites for hydroxylation is 1. The Morgan fingerprint density at radius 1 is 1.27 bits per heavy atom. The average molecular weight is 387 g/mol. The number of ether oxygens (including phenoxy) is 1. The molecule has 0 aliphatic rings. The molecule has 0 heterocycles. The fourth-order valence-electron chi connectivity index (χ4n) is 2.06. The highest BCUT2D eigenvalue weighted by atomic mass is 35.5. The number of anilines is 1. The average Bonchev–Trinajstić information content (AvgIpc) is 2.62. The Morgan fingerprint density at radius 2 is 2.04 bits per heavy atom. The van der Waals surface area contributed by atoms with Crippen LogP contribution in [0.3, 0.4) is 0 Å². The van der Waals surface area contributed by atoms with Crippen molar-refractivity contribution in [3.8, 4) is 11.8 Å². The maximum absolute atomic E-state index is 12.3. The second-order valence-corrected chi connectivity index (χ2v) is 6.19. The molecule has 0 saturated heterocycles. The Balaban J connectivity index is 2.19. The van der Waals surface area contributed by atoms with E-state index in [0.717, 1.165) is 5.56 Å². The van der Waals surface area contributed by atoms with E-state index in [2.05, 4.69) is 11.9 Å². The predicted octanol–water partition coefficient (Wildman–Crippen LogP) is 5.41. The van der Waals surface area contributed by atoms with E-state index >= 15 is 0 Å². The minimum atomic E-state index is -0.532. The Kier molecular flexibility index (Phi) is 6.85. The summed E-state index contributed by atoms with van der Waals surface area (Å²) in [7, 11) is 0. The summed E-state index contributed by atoms with van der Waals surface area (Å²) >= 11 is 12.2. The van der Waals surface area contributed by atoms with Crippen LogP contribution >= 0.6 is 23.2 Å². The van der Waals surface area contributed by atoms with Crippen LogP contribution in [-0.2, 0) is 4.79 Å². The first-order valence-corrected chi connectivity index (χ1v) is 8.42. The van der Waals surface area contributed by atoms with E-state index < -0.39 is 5.91 Å². The number of hydrogen-bond donors (Lipinski definition) is 1. The summed E-state index contributed by atoms with van der Waals surface area (Å²) in [5.74, 6) is -0.0310. The molecule has 26 heavy (non-hydrogen) atoms. The first-order chi connectivity index (χ1) is 12.4. The fraction of sp³-hybridized carbons (Fsp3) is 0.100. The van der Waals surface area contributed by atoms with E-state index in [1.54, 1.807) is 42.5 Å². The first-order valence-electron chi connectivity index (χ1n) is 7.67. The third kappa shape index (κ3) is 5.13. The number of halogens is 2. The summed E-state index contributed by atoms with van der Waals surface area (Å²) in [5, 5.41) is 12.9. The van der Waals surface area contributed by atoms with Crippen LogP contribution in [0.2, 0.25) is 10.0 Å². The lowest BCUT2D eigenvalue weighted by atomic mass is 10.1. The number of carbonyl (C=O) groups excluding carboxylic acids is 1. The van der Waals surface area contributed by atoms with Crippen molar-refractivity contribution < 1.29 is 9.53 Å². The van der Waals surface area contributed by atoms with Gasteiger partial charge in [-0.05, 0) is 48.4 Å². The monoisotopic (exact) mass is 386 g/mol.